The van der Waals surface area contributed by atoms with Gasteiger partial charge in [-0.25, -0.2) is 4.98 Å². The summed E-state index contributed by atoms with van der Waals surface area (Å²) in [5, 5.41) is 11.0. The van der Waals surface area contributed by atoms with Crippen molar-refractivity contribution in [3.8, 4) is 0 Å². The molecule has 7 heteroatoms. The van der Waals surface area contributed by atoms with Crippen LogP contribution in [0.3, 0.4) is 0 Å². The van der Waals surface area contributed by atoms with Gasteiger partial charge in [-0.3, -0.25) is 19.5 Å². The molecule has 1 amide bonds. The molecule has 2 N–H and O–H groups in total. The van der Waals surface area contributed by atoms with Gasteiger partial charge in [-0.2, -0.15) is 0 Å². The highest BCUT2D eigenvalue weighted by molar-refractivity contribution is 6.51. The lowest BCUT2D eigenvalue weighted by molar-refractivity contribution is -0.132. The fourth-order valence-electron chi connectivity index (χ4n) is 3.89. The van der Waals surface area contributed by atoms with Gasteiger partial charge in [0.1, 0.15) is 5.76 Å². The minimum Gasteiger partial charge on any atom is -0.507 e. The summed E-state index contributed by atoms with van der Waals surface area (Å²) >= 11 is 0. The predicted molar refractivity (Wildman–Crippen MR) is 116 cm³/mol. The number of hydrogen-bond donors (Lipinski definition) is 2. The second-order valence-corrected chi connectivity index (χ2v) is 7.40. The number of anilines is 1. The van der Waals surface area contributed by atoms with Crippen LogP contribution in [0.2, 0.25) is 0 Å². The number of aliphatic hydroxyl groups is 1. The largest absolute Gasteiger partial charge is 0.507 e. The van der Waals surface area contributed by atoms with Crippen LogP contribution in [0.1, 0.15) is 22.7 Å². The zero-order valence-electron chi connectivity index (χ0n) is 16.6. The Hall–Kier alpha value is -4.26. The molecule has 0 radical (unpaired) electrons. The minimum absolute atomic E-state index is 0.0130. The summed E-state index contributed by atoms with van der Waals surface area (Å²) in [7, 11) is 0. The monoisotopic (exact) mass is 410 g/mol. The molecule has 0 spiro atoms. The van der Waals surface area contributed by atoms with Crippen molar-refractivity contribution in [2.45, 2.75) is 13.0 Å². The molecule has 2 aromatic carbocycles. The molecule has 31 heavy (non-hydrogen) atoms. The van der Waals surface area contributed by atoms with Gasteiger partial charge in [0.25, 0.3) is 5.78 Å². The van der Waals surface area contributed by atoms with E-state index in [-0.39, 0.29) is 17.3 Å². The van der Waals surface area contributed by atoms with E-state index in [1.54, 1.807) is 48.8 Å². The van der Waals surface area contributed by atoms with Gasteiger partial charge in [0.15, 0.2) is 0 Å². The van der Waals surface area contributed by atoms with Gasteiger partial charge < -0.3 is 10.1 Å². The van der Waals surface area contributed by atoms with Crippen LogP contribution in [0.5, 0.6) is 0 Å². The van der Waals surface area contributed by atoms with E-state index in [1.807, 2.05) is 31.2 Å². The molecular weight excluding hydrogens is 392 g/mol. The summed E-state index contributed by atoms with van der Waals surface area (Å²) < 4.78 is 0. The van der Waals surface area contributed by atoms with Gasteiger partial charge in [0.05, 0.1) is 22.6 Å². The van der Waals surface area contributed by atoms with Gasteiger partial charge in [-0.1, -0.05) is 36.4 Å². The highest BCUT2D eigenvalue weighted by Crippen LogP contribution is 2.41. The maximum absolute atomic E-state index is 13.1. The molecule has 1 aliphatic heterocycles. The van der Waals surface area contributed by atoms with E-state index >= 15 is 0 Å². The number of aliphatic hydroxyl groups excluding tert-OH is 1. The number of aromatic nitrogens is 3. The van der Waals surface area contributed by atoms with Crippen LogP contribution in [0.15, 0.2) is 78.6 Å². The summed E-state index contributed by atoms with van der Waals surface area (Å²) in [6, 6.07) is 17.0. The second-order valence-electron chi connectivity index (χ2n) is 7.40. The lowest BCUT2D eigenvalue weighted by Gasteiger charge is -2.22. The molecule has 0 aliphatic carbocycles. The molecule has 1 aliphatic rings. The number of rotatable bonds is 3. The Bertz CT molecular complexity index is 1340. The minimum atomic E-state index is -0.843. The zero-order valence-corrected chi connectivity index (χ0v) is 16.6. The van der Waals surface area contributed by atoms with Gasteiger partial charge in [0, 0.05) is 18.0 Å². The number of nitrogens with one attached hydrogen (secondary N) is 1. The smallest absolute Gasteiger partial charge is 0.302 e. The fourth-order valence-corrected chi connectivity index (χ4v) is 3.89. The van der Waals surface area contributed by atoms with Crippen molar-refractivity contribution in [2.75, 3.05) is 4.90 Å². The molecule has 1 saturated heterocycles. The van der Waals surface area contributed by atoms with Crippen LogP contribution in [-0.2, 0) is 9.59 Å². The lowest BCUT2D eigenvalue weighted by atomic mass is 9.96. The number of aromatic amines is 1. The lowest BCUT2D eigenvalue weighted by Crippen LogP contribution is -2.30. The maximum atomic E-state index is 13.1. The number of ketones is 1. The van der Waals surface area contributed by atoms with Crippen molar-refractivity contribution < 1.29 is 14.7 Å². The van der Waals surface area contributed by atoms with Crippen LogP contribution in [0, 0.1) is 6.92 Å². The van der Waals surface area contributed by atoms with E-state index in [0.29, 0.717) is 16.6 Å². The molecule has 152 valence electrons. The summed E-state index contributed by atoms with van der Waals surface area (Å²) in [6.07, 6.45) is 3.17. The average molecular weight is 410 g/mol. The summed E-state index contributed by atoms with van der Waals surface area (Å²) in [4.78, 5) is 39.3. The number of fused-ring (bicyclic) bond motifs is 1. The van der Waals surface area contributed by atoms with Crippen molar-refractivity contribution in [2.24, 2.45) is 0 Å². The van der Waals surface area contributed by atoms with Crippen LogP contribution < -0.4 is 4.90 Å². The molecule has 0 bridgehead atoms. The first-order chi connectivity index (χ1) is 15.0. The third-order valence-electron chi connectivity index (χ3n) is 5.37. The van der Waals surface area contributed by atoms with E-state index in [2.05, 4.69) is 15.0 Å². The number of pyridine rings is 1. The number of carbonyl (C=O) groups excluding carboxylic acids is 2. The Morgan fingerprint density at radius 2 is 1.77 bits per heavy atom. The first kappa shape index (κ1) is 18.7. The molecular formula is C24H18N4O3. The molecule has 4 aromatic rings. The highest BCUT2D eigenvalue weighted by atomic mass is 16.3. The van der Waals surface area contributed by atoms with Crippen LogP contribution in [0.25, 0.3) is 16.8 Å². The Balaban J connectivity index is 1.73. The first-order valence-corrected chi connectivity index (χ1v) is 9.77. The number of imidazole rings is 1. The van der Waals surface area contributed by atoms with E-state index < -0.39 is 17.7 Å². The van der Waals surface area contributed by atoms with E-state index in [4.69, 9.17) is 0 Å². The van der Waals surface area contributed by atoms with Crippen LogP contribution in [-0.4, -0.2) is 31.7 Å². The topological polar surface area (TPSA) is 99.2 Å². The molecule has 1 unspecified atom stereocenters. The molecule has 5 rings (SSSR count). The van der Waals surface area contributed by atoms with Gasteiger partial charge in [-0.15, -0.1) is 0 Å². The predicted octanol–water partition coefficient (Wildman–Crippen LogP) is 3.89. The fraction of sp³-hybridized carbons (Fsp3) is 0.0833. The van der Waals surface area contributed by atoms with Crippen LogP contribution >= 0.6 is 0 Å². The third-order valence-corrected chi connectivity index (χ3v) is 5.37. The van der Waals surface area contributed by atoms with Crippen molar-refractivity contribution in [1.82, 2.24) is 15.0 Å². The summed E-state index contributed by atoms with van der Waals surface area (Å²) in [6.45, 7) is 1.96. The number of nitrogens with zero attached hydrogens (tertiary/aromatic N) is 3. The maximum Gasteiger partial charge on any atom is 0.302 e. The van der Waals surface area contributed by atoms with Crippen molar-refractivity contribution in [3.63, 3.8) is 0 Å². The third kappa shape index (κ3) is 3.07. The Morgan fingerprint density at radius 3 is 2.52 bits per heavy atom. The standard InChI is InChI=1S/C24H18N4O3/c1-14-7-8-17-18(13-14)27-24(26-17)28-20(15-9-11-25-12-10-15)19(22(30)23(28)31)21(29)16-5-3-2-4-6-16/h2-13,20,29H,1H3,(H,26,27)/b21-19+. The molecule has 0 saturated carbocycles. The van der Waals surface area contributed by atoms with E-state index in [9.17, 15) is 14.7 Å². The molecule has 7 nitrogen and oxygen atoms in total. The number of carbonyl (C=O) groups is 2. The molecule has 1 fully saturated rings. The molecule has 1 atom stereocenters. The molecule has 3 heterocycles. The number of H-pyrrole nitrogens is 1. The Labute approximate surface area is 177 Å². The van der Waals surface area contributed by atoms with E-state index in [1.165, 1.54) is 4.90 Å². The van der Waals surface area contributed by atoms with Crippen molar-refractivity contribution >= 4 is 34.4 Å². The number of aryl methyl sites for hydroxylation is 1. The quantitative estimate of drug-likeness (QED) is 0.303. The Morgan fingerprint density at radius 1 is 1.03 bits per heavy atom. The first-order valence-electron chi connectivity index (χ1n) is 9.77. The number of benzene rings is 2. The Kier molecular flexibility index (Phi) is 4.36. The van der Waals surface area contributed by atoms with Gasteiger partial charge in [0.2, 0.25) is 5.95 Å². The summed E-state index contributed by atoms with van der Waals surface area (Å²) in [5.74, 6) is -1.50. The number of amides is 1. The van der Waals surface area contributed by atoms with Crippen molar-refractivity contribution in [3.05, 3.63) is 95.3 Å². The highest BCUT2D eigenvalue weighted by Gasteiger charge is 2.48. The average Bonchev–Trinajstić information content (AvgIpc) is 3.32. The molecule has 2 aromatic heterocycles. The van der Waals surface area contributed by atoms with Crippen LogP contribution in [0.4, 0.5) is 5.95 Å². The van der Waals surface area contributed by atoms with Gasteiger partial charge in [-0.05, 0) is 42.3 Å². The van der Waals surface area contributed by atoms with Crippen molar-refractivity contribution in [1.29, 1.82) is 0 Å². The number of Topliss-reactive ketones (excluding diaryl/α,β-unsaturated/α-hetero) is 1. The SMILES string of the molecule is Cc1ccc2nc(N3C(=O)C(=O)/C(=C(/O)c4ccccc4)C3c3ccncc3)[nH]c2c1. The normalized spacial score (nSPS) is 18.1. The summed E-state index contributed by atoms with van der Waals surface area (Å²) in [5.41, 5.74) is 3.59. The second kappa shape index (κ2) is 7.21. The number of hydrogen-bond acceptors (Lipinski definition) is 5. The zero-order chi connectivity index (χ0) is 21.5. The van der Waals surface area contributed by atoms with Gasteiger partial charge >= 0.3 is 5.91 Å². The van der Waals surface area contributed by atoms with E-state index in [0.717, 1.165) is 11.1 Å².